The molecule has 1 aliphatic rings. The molecule has 1 atom stereocenters. The Kier molecular flexibility index (Phi) is 8.33. The minimum absolute atomic E-state index is 0.0651. The van der Waals surface area contributed by atoms with Gasteiger partial charge in [-0.1, -0.05) is 36.5 Å². The highest BCUT2D eigenvalue weighted by Gasteiger charge is 2.35. The average Bonchev–Trinajstić information content (AvgIpc) is 3.17. The summed E-state index contributed by atoms with van der Waals surface area (Å²) in [6, 6.07) is 1.87. The summed E-state index contributed by atoms with van der Waals surface area (Å²) in [5.74, 6) is -3.04. The fourth-order valence-electron chi connectivity index (χ4n) is 4.58. The van der Waals surface area contributed by atoms with Crippen LogP contribution in [0, 0.1) is 5.82 Å². The van der Waals surface area contributed by atoms with Crippen molar-refractivity contribution in [2.45, 2.75) is 76.3 Å². The number of primary amides is 1. The summed E-state index contributed by atoms with van der Waals surface area (Å²) in [6.07, 6.45) is 3.82. The summed E-state index contributed by atoms with van der Waals surface area (Å²) in [5, 5.41) is 6.39. The quantitative estimate of drug-likeness (QED) is 0.258. The van der Waals surface area contributed by atoms with Gasteiger partial charge in [0.15, 0.2) is 5.65 Å². The fourth-order valence-corrected chi connectivity index (χ4v) is 5.13. The second-order valence-corrected chi connectivity index (χ2v) is 10.1. The molecule has 4 rings (SSSR count). The van der Waals surface area contributed by atoms with Gasteiger partial charge in [0.2, 0.25) is 23.7 Å². The molecule has 1 amide bonds. The number of nitrogens with two attached hydrogens (primary N) is 1. The Morgan fingerprint density at radius 3 is 2.51 bits per heavy atom. The van der Waals surface area contributed by atoms with Crippen molar-refractivity contribution in [1.82, 2.24) is 19.5 Å². The Morgan fingerprint density at radius 1 is 1.22 bits per heavy atom. The van der Waals surface area contributed by atoms with E-state index in [0.717, 1.165) is 18.6 Å². The zero-order chi connectivity index (χ0) is 26.7. The van der Waals surface area contributed by atoms with E-state index in [2.05, 4.69) is 25.6 Å². The highest BCUT2D eigenvalue weighted by Crippen LogP contribution is 2.37. The second-order valence-electron chi connectivity index (χ2n) is 9.30. The van der Waals surface area contributed by atoms with E-state index in [4.69, 9.17) is 28.9 Å². The molecule has 0 spiro atoms. The van der Waals surface area contributed by atoms with Gasteiger partial charge in [-0.15, -0.1) is 0 Å². The van der Waals surface area contributed by atoms with Gasteiger partial charge in [0.1, 0.15) is 11.3 Å². The predicted molar refractivity (Wildman–Crippen MR) is 138 cm³/mol. The molecule has 37 heavy (non-hydrogen) atoms. The number of halogens is 5. The number of anilines is 3. The summed E-state index contributed by atoms with van der Waals surface area (Å²) >= 11 is 12.5. The molecule has 200 valence electrons. The number of imidazole rings is 1. The van der Waals surface area contributed by atoms with Crippen molar-refractivity contribution >= 4 is 57.9 Å². The van der Waals surface area contributed by atoms with Crippen molar-refractivity contribution in [1.29, 1.82) is 0 Å². The number of hydrogen-bond donors (Lipinski definition) is 3. The fraction of sp³-hybridized carbons (Fsp3) is 0.500. The van der Waals surface area contributed by atoms with Crippen LogP contribution in [-0.4, -0.2) is 37.4 Å². The molecule has 0 unspecified atom stereocenters. The van der Waals surface area contributed by atoms with Crippen molar-refractivity contribution in [3.8, 4) is 0 Å². The standard InChI is InChI=1S/C24H28Cl2F3N7O/c1-2-3-15(4-5-19(30)37)36-21-18(33-23(36)34-20-16(25)10-13(27)11-17(20)26)12-31-22(35-21)32-14-6-8-24(28,29)9-7-14/h10-12,14-15H,2-9H2,1H3,(H2,30,37)(H,33,34)(H,31,32,35)/t15-/m0/s1. The van der Waals surface area contributed by atoms with E-state index in [1.165, 1.54) is 6.20 Å². The van der Waals surface area contributed by atoms with Crippen LogP contribution in [0.4, 0.5) is 30.8 Å². The second kappa shape index (κ2) is 11.3. The van der Waals surface area contributed by atoms with Crippen molar-refractivity contribution in [3.63, 3.8) is 0 Å². The number of hydrogen-bond acceptors (Lipinski definition) is 6. The number of benzene rings is 1. The maximum Gasteiger partial charge on any atom is 0.248 e. The van der Waals surface area contributed by atoms with E-state index in [1.807, 2.05) is 11.5 Å². The van der Waals surface area contributed by atoms with Gasteiger partial charge >= 0.3 is 0 Å². The molecule has 4 N–H and O–H groups in total. The van der Waals surface area contributed by atoms with E-state index < -0.39 is 17.6 Å². The molecular weight excluding hydrogens is 530 g/mol. The molecule has 13 heteroatoms. The molecule has 3 aromatic rings. The van der Waals surface area contributed by atoms with Gasteiger partial charge in [-0.2, -0.15) is 4.98 Å². The van der Waals surface area contributed by atoms with E-state index >= 15 is 0 Å². The number of amides is 1. The molecule has 0 radical (unpaired) electrons. The number of nitrogens with one attached hydrogen (secondary N) is 2. The van der Waals surface area contributed by atoms with Gasteiger partial charge in [-0.25, -0.2) is 23.1 Å². The minimum atomic E-state index is -2.64. The largest absolute Gasteiger partial charge is 0.370 e. The van der Waals surface area contributed by atoms with Crippen LogP contribution in [0.15, 0.2) is 18.3 Å². The van der Waals surface area contributed by atoms with Crippen LogP contribution < -0.4 is 16.4 Å². The molecule has 2 heterocycles. The molecule has 1 saturated carbocycles. The molecule has 0 bridgehead atoms. The zero-order valence-corrected chi connectivity index (χ0v) is 21.7. The molecule has 8 nitrogen and oxygen atoms in total. The van der Waals surface area contributed by atoms with E-state index in [0.29, 0.717) is 48.7 Å². The minimum Gasteiger partial charge on any atom is -0.370 e. The van der Waals surface area contributed by atoms with Crippen LogP contribution in [-0.2, 0) is 4.79 Å². The molecule has 2 aromatic heterocycles. The highest BCUT2D eigenvalue weighted by atomic mass is 35.5. The molecule has 1 fully saturated rings. The molecule has 1 aromatic carbocycles. The zero-order valence-electron chi connectivity index (χ0n) is 20.2. The van der Waals surface area contributed by atoms with Gasteiger partial charge in [-0.3, -0.25) is 9.36 Å². The Balaban J connectivity index is 1.74. The number of carbonyl (C=O) groups is 1. The lowest BCUT2D eigenvalue weighted by Crippen LogP contribution is -2.32. The Labute approximate surface area is 222 Å². The number of carbonyl (C=O) groups excluding carboxylic acids is 1. The van der Waals surface area contributed by atoms with E-state index in [1.54, 1.807) is 0 Å². The number of rotatable bonds is 10. The summed E-state index contributed by atoms with van der Waals surface area (Å²) in [5.41, 5.74) is 6.62. The van der Waals surface area contributed by atoms with Crippen molar-refractivity contribution in [2.24, 2.45) is 5.73 Å². The number of fused-ring (bicyclic) bond motifs is 1. The van der Waals surface area contributed by atoms with Gasteiger partial charge in [0.25, 0.3) is 0 Å². The third-order valence-electron chi connectivity index (χ3n) is 6.44. The first kappa shape index (κ1) is 27.3. The third-order valence-corrected chi connectivity index (χ3v) is 7.03. The van der Waals surface area contributed by atoms with E-state index in [-0.39, 0.29) is 47.1 Å². The van der Waals surface area contributed by atoms with Crippen LogP contribution in [0.2, 0.25) is 10.0 Å². The monoisotopic (exact) mass is 557 g/mol. The third kappa shape index (κ3) is 6.56. The lowest BCUT2D eigenvalue weighted by molar-refractivity contribution is -0.118. The predicted octanol–water partition coefficient (Wildman–Crippen LogP) is 6.61. The van der Waals surface area contributed by atoms with Crippen molar-refractivity contribution < 1.29 is 18.0 Å². The van der Waals surface area contributed by atoms with Crippen LogP contribution in [0.3, 0.4) is 0 Å². The van der Waals surface area contributed by atoms with Crippen LogP contribution in [0.1, 0.15) is 64.3 Å². The summed E-state index contributed by atoms with van der Waals surface area (Å²) in [4.78, 5) is 25.2. The number of aromatic nitrogens is 4. The van der Waals surface area contributed by atoms with Gasteiger partial charge in [0, 0.05) is 31.3 Å². The average molecular weight is 558 g/mol. The van der Waals surface area contributed by atoms with E-state index in [9.17, 15) is 18.0 Å². The van der Waals surface area contributed by atoms with Gasteiger partial charge in [-0.05, 0) is 37.8 Å². The molecule has 1 aliphatic carbocycles. The lowest BCUT2D eigenvalue weighted by Gasteiger charge is -2.28. The van der Waals surface area contributed by atoms with Gasteiger partial charge in [0.05, 0.1) is 21.9 Å². The lowest BCUT2D eigenvalue weighted by atomic mass is 9.92. The summed E-state index contributed by atoms with van der Waals surface area (Å²) in [7, 11) is 0. The maximum absolute atomic E-state index is 13.7. The Morgan fingerprint density at radius 2 is 1.89 bits per heavy atom. The molecule has 0 aliphatic heterocycles. The molecule has 0 saturated heterocycles. The number of alkyl halides is 2. The first-order valence-corrected chi connectivity index (χ1v) is 12.9. The maximum atomic E-state index is 13.7. The SMILES string of the molecule is CCC[C@@H](CCC(N)=O)n1c(Nc2c(Cl)cc(F)cc2Cl)nc2cnc(NC3CCC(F)(F)CC3)nc21. The Bertz CT molecular complexity index is 1250. The normalized spacial score (nSPS) is 16.6. The topological polar surface area (TPSA) is 111 Å². The summed E-state index contributed by atoms with van der Waals surface area (Å²) in [6.45, 7) is 2.01. The Hall–Kier alpha value is -2.79. The van der Waals surface area contributed by atoms with Crippen LogP contribution in [0.5, 0.6) is 0 Å². The first-order valence-electron chi connectivity index (χ1n) is 12.2. The summed E-state index contributed by atoms with van der Waals surface area (Å²) < 4.78 is 42.7. The molecular formula is C24H28Cl2F3N7O. The first-order chi connectivity index (χ1) is 17.6. The number of nitrogens with zero attached hydrogens (tertiary/aromatic N) is 4. The smallest absolute Gasteiger partial charge is 0.248 e. The van der Waals surface area contributed by atoms with Crippen molar-refractivity contribution in [3.05, 3.63) is 34.2 Å². The van der Waals surface area contributed by atoms with Crippen LogP contribution >= 0.6 is 23.2 Å². The highest BCUT2D eigenvalue weighted by molar-refractivity contribution is 6.39. The van der Waals surface area contributed by atoms with Crippen LogP contribution in [0.25, 0.3) is 11.2 Å². The van der Waals surface area contributed by atoms with Gasteiger partial charge < -0.3 is 16.4 Å². The van der Waals surface area contributed by atoms with Crippen molar-refractivity contribution in [2.75, 3.05) is 10.6 Å².